The van der Waals surface area contributed by atoms with Gasteiger partial charge in [0.25, 0.3) is 0 Å². The molecule has 0 saturated carbocycles. The average molecular weight is 373 g/mol. The lowest BCUT2D eigenvalue weighted by Gasteiger charge is -2.34. The lowest BCUT2D eigenvalue weighted by Crippen LogP contribution is -2.52. The largest absolute Gasteiger partial charge is 0.355 e. The first kappa shape index (κ1) is 19.2. The Morgan fingerprint density at radius 2 is 1.70 bits per heavy atom. The molecule has 1 fully saturated rings. The first-order chi connectivity index (χ1) is 13.0. The molecule has 0 spiro atoms. The van der Waals surface area contributed by atoms with Gasteiger partial charge in [-0.1, -0.05) is 19.1 Å². The molecule has 0 atom stereocenters. The highest BCUT2D eigenvalue weighted by Gasteiger charge is 2.23. The molecular formula is C19H27N5O3. The van der Waals surface area contributed by atoms with E-state index in [0.29, 0.717) is 39.3 Å². The fraction of sp³-hybridized carbons (Fsp3) is 0.526. The Morgan fingerprint density at radius 1 is 1.04 bits per heavy atom. The lowest BCUT2D eigenvalue weighted by molar-refractivity contribution is -0.133. The molecule has 1 aliphatic rings. The van der Waals surface area contributed by atoms with Gasteiger partial charge < -0.3 is 10.2 Å². The third-order valence-electron chi connectivity index (χ3n) is 5.01. The normalized spacial score (nSPS) is 15.3. The number of aromatic nitrogens is 2. The maximum Gasteiger partial charge on any atom is 0.329 e. The molecule has 1 saturated heterocycles. The molecule has 2 aromatic rings. The molecule has 8 heteroatoms. The lowest BCUT2D eigenvalue weighted by atomic mass is 10.3. The van der Waals surface area contributed by atoms with E-state index in [4.69, 9.17) is 0 Å². The Balaban J connectivity index is 1.59. The van der Waals surface area contributed by atoms with Crippen LogP contribution in [0.2, 0.25) is 0 Å². The fourth-order valence-electron chi connectivity index (χ4n) is 3.43. The maximum absolute atomic E-state index is 12.7. The van der Waals surface area contributed by atoms with Gasteiger partial charge in [-0.25, -0.2) is 4.79 Å². The number of benzene rings is 1. The molecule has 3 rings (SSSR count). The van der Waals surface area contributed by atoms with Crippen LogP contribution in [-0.2, 0) is 23.2 Å². The molecular weight excluding hydrogens is 346 g/mol. The van der Waals surface area contributed by atoms with Crippen LogP contribution >= 0.6 is 0 Å². The van der Waals surface area contributed by atoms with Crippen molar-refractivity contribution in [2.75, 3.05) is 39.3 Å². The molecule has 2 amide bonds. The first-order valence-corrected chi connectivity index (χ1v) is 9.42. The monoisotopic (exact) mass is 373 g/mol. The summed E-state index contributed by atoms with van der Waals surface area (Å²) in [6.07, 6.45) is 0.918. The SMILES string of the molecule is CCCNC(=O)CN1CCN(C(=O)Cn2c(=O)n(C)c3ccccc32)CC1. The van der Waals surface area contributed by atoms with Crippen LogP contribution in [-0.4, -0.2) is 70.0 Å². The van der Waals surface area contributed by atoms with Crippen LogP contribution in [0.1, 0.15) is 13.3 Å². The number of piperazine rings is 1. The van der Waals surface area contributed by atoms with Gasteiger partial charge in [0.1, 0.15) is 6.54 Å². The molecule has 146 valence electrons. The third kappa shape index (κ3) is 4.21. The molecule has 1 aromatic heterocycles. The summed E-state index contributed by atoms with van der Waals surface area (Å²) in [7, 11) is 1.72. The fourth-order valence-corrected chi connectivity index (χ4v) is 3.43. The van der Waals surface area contributed by atoms with Crippen LogP contribution in [0.15, 0.2) is 29.1 Å². The van der Waals surface area contributed by atoms with Crippen molar-refractivity contribution in [3.05, 3.63) is 34.7 Å². The van der Waals surface area contributed by atoms with Gasteiger partial charge in [-0.2, -0.15) is 0 Å². The van der Waals surface area contributed by atoms with E-state index in [0.717, 1.165) is 17.5 Å². The molecule has 1 aliphatic heterocycles. The van der Waals surface area contributed by atoms with Gasteiger partial charge in [-0.15, -0.1) is 0 Å². The predicted molar refractivity (Wildman–Crippen MR) is 103 cm³/mol. The molecule has 1 aromatic carbocycles. The Kier molecular flexibility index (Phi) is 5.95. The third-order valence-corrected chi connectivity index (χ3v) is 5.01. The number of nitrogens with zero attached hydrogens (tertiary/aromatic N) is 4. The number of hydrogen-bond acceptors (Lipinski definition) is 4. The minimum absolute atomic E-state index is 0.0268. The highest BCUT2D eigenvalue weighted by molar-refractivity contribution is 5.81. The molecule has 0 unspecified atom stereocenters. The van der Waals surface area contributed by atoms with Gasteiger partial charge in [-0.3, -0.25) is 23.6 Å². The Morgan fingerprint density at radius 3 is 2.37 bits per heavy atom. The highest BCUT2D eigenvalue weighted by atomic mass is 16.2. The summed E-state index contributed by atoms with van der Waals surface area (Å²) in [6.45, 7) is 5.58. The summed E-state index contributed by atoms with van der Waals surface area (Å²) in [6, 6.07) is 7.48. The van der Waals surface area contributed by atoms with E-state index in [1.54, 1.807) is 16.5 Å². The highest BCUT2D eigenvalue weighted by Crippen LogP contribution is 2.12. The second kappa shape index (κ2) is 8.39. The molecule has 0 bridgehead atoms. The summed E-state index contributed by atoms with van der Waals surface area (Å²) in [5.41, 5.74) is 1.40. The number of fused-ring (bicyclic) bond motifs is 1. The van der Waals surface area contributed by atoms with Gasteiger partial charge >= 0.3 is 5.69 Å². The summed E-state index contributed by atoms with van der Waals surface area (Å²) in [4.78, 5) is 40.8. The Hall–Kier alpha value is -2.61. The zero-order valence-corrected chi connectivity index (χ0v) is 16.0. The number of carbonyl (C=O) groups excluding carboxylic acids is 2. The van der Waals surface area contributed by atoms with Crippen molar-refractivity contribution >= 4 is 22.8 Å². The van der Waals surface area contributed by atoms with E-state index in [-0.39, 0.29) is 24.0 Å². The van der Waals surface area contributed by atoms with Crippen LogP contribution in [0.25, 0.3) is 11.0 Å². The topological polar surface area (TPSA) is 79.6 Å². The molecule has 8 nitrogen and oxygen atoms in total. The number of para-hydroxylation sites is 2. The van der Waals surface area contributed by atoms with Crippen LogP contribution in [0.3, 0.4) is 0 Å². The molecule has 27 heavy (non-hydrogen) atoms. The van der Waals surface area contributed by atoms with Crippen LogP contribution < -0.4 is 11.0 Å². The predicted octanol–water partition coefficient (Wildman–Crippen LogP) is 0.0104. The van der Waals surface area contributed by atoms with Crippen molar-refractivity contribution < 1.29 is 9.59 Å². The molecule has 0 aliphatic carbocycles. The summed E-state index contributed by atoms with van der Waals surface area (Å²) in [5, 5.41) is 2.87. The van der Waals surface area contributed by atoms with Crippen LogP contribution in [0.5, 0.6) is 0 Å². The number of hydrogen-bond donors (Lipinski definition) is 1. The Labute approximate surface area is 158 Å². The number of aryl methyl sites for hydroxylation is 1. The zero-order valence-electron chi connectivity index (χ0n) is 16.0. The van der Waals surface area contributed by atoms with Crippen LogP contribution in [0.4, 0.5) is 0 Å². The smallest absolute Gasteiger partial charge is 0.329 e. The second-order valence-electron chi connectivity index (χ2n) is 6.92. The average Bonchev–Trinajstić information content (AvgIpc) is 2.92. The number of amides is 2. The van der Waals surface area contributed by atoms with Crippen molar-refractivity contribution in [3.8, 4) is 0 Å². The van der Waals surface area contributed by atoms with Crippen molar-refractivity contribution in [1.29, 1.82) is 0 Å². The van der Waals surface area contributed by atoms with Crippen molar-refractivity contribution in [3.63, 3.8) is 0 Å². The summed E-state index contributed by atoms with van der Waals surface area (Å²) >= 11 is 0. The van der Waals surface area contributed by atoms with E-state index in [1.165, 1.54) is 4.57 Å². The van der Waals surface area contributed by atoms with E-state index in [2.05, 4.69) is 10.2 Å². The van der Waals surface area contributed by atoms with E-state index in [1.807, 2.05) is 31.2 Å². The van der Waals surface area contributed by atoms with Gasteiger partial charge in [0, 0.05) is 39.8 Å². The van der Waals surface area contributed by atoms with Crippen LogP contribution in [0, 0.1) is 0 Å². The van der Waals surface area contributed by atoms with E-state index < -0.39 is 0 Å². The van der Waals surface area contributed by atoms with Gasteiger partial charge in [0.15, 0.2) is 0 Å². The number of carbonyl (C=O) groups is 2. The second-order valence-corrected chi connectivity index (χ2v) is 6.92. The van der Waals surface area contributed by atoms with Gasteiger partial charge in [0.2, 0.25) is 11.8 Å². The Bertz CT molecular complexity index is 877. The quantitative estimate of drug-likeness (QED) is 0.774. The number of rotatable bonds is 6. The zero-order chi connectivity index (χ0) is 19.4. The van der Waals surface area contributed by atoms with E-state index >= 15 is 0 Å². The van der Waals surface area contributed by atoms with E-state index in [9.17, 15) is 14.4 Å². The minimum Gasteiger partial charge on any atom is -0.355 e. The molecule has 0 radical (unpaired) electrons. The van der Waals surface area contributed by atoms with Crippen molar-refractivity contribution in [2.45, 2.75) is 19.9 Å². The maximum atomic E-state index is 12.7. The minimum atomic E-state index is -0.184. The van der Waals surface area contributed by atoms with Crippen molar-refractivity contribution in [1.82, 2.24) is 24.3 Å². The van der Waals surface area contributed by atoms with Gasteiger partial charge in [0.05, 0.1) is 17.6 Å². The first-order valence-electron chi connectivity index (χ1n) is 9.42. The number of imidazole rings is 1. The van der Waals surface area contributed by atoms with Gasteiger partial charge in [-0.05, 0) is 18.6 Å². The summed E-state index contributed by atoms with van der Waals surface area (Å²) in [5.74, 6) is -0.0394. The molecule has 1 N–H and O–H groups in total. The number of nitrogens with one attached hydrogen (secondary N) is 1. The summed E-state index contributed by atoms with van der Waals surface area (Å²) < 4.78 is 3.09. The molecule has 2 heterocycles. The standard InChI is InChI=1S/C19H27N5O3/c1-3-8-20-17(25)13-22-9-11-23(12-10-22)18(26)14-24-16-7-5-4-6-15(16)21(2)19(24)27/h4-7H,3,8-14H2,1-2H3,(H,20,25). The van der Waals surface area contributed by atoms with Crippen molar-refractivity contribution in [2.24, 2.45) is 7.05 Å².